The monoisotopic (exact) mass is 252 g/mol. The SMILES string of the molecule is CCCCN(CC)c1ncc(C(F)(F)F)s1. The lowest BCUT2D eigenvalue weighted by atomic mass is 10.3. The van der Waals surface area contributed by atoms with Crippen LogP contribution in [0.3, 0.4) is 0 Å². The van der Waals surface area contributed by atoms with Crippen LogP contribution in [0.1, 0.15) is 31.6 Å². The zero-order valence-corrected chi connectivity index (χ0v) is 10.2. The molecule has 0 atom stereocenters. The van der Waals surface area contributed by atoms with Gasteiger partial charge in [-0.3, -0.25) is 0 Å². The predicted molar refractivity (Wildman–Crippen MR) is 59.9 cm³/mol. The van der Waals surface area contributed by atoms with Gasteiger partial charge in [0.1, 0.15) is 4.88 Å². The molecular formula is C10H15F3N2S. The van der Waals surface area contributed by atoms with E-state index in [1.165, 1.54) is 0 Å². The maximum atomic E-state index is 12.4. The molecule has 0 fully saturated rings. The lowest BCUT2D eigenvalue weighted by molar-refractivity contribution is -0.134. The Kier molecular flexibility index (Phi) is 4.58. The minimum atomic E-state index is -4.28. The Hall–Kier alpha value is -0.780. The number of unbranched alkanes of at least 4 members (excludes halogenated alkanes) is 1. The van der Waals surface area contributed by atoms with E-state index in [1.54, 1.807) is 0 Å². The second-order valence-electron chi connectivity index (χ2n) is 3.44. The number of hydrogen-bond donors (Lipinski definition) is 0. The van der Waals surface area contributed by atoms with Crippen molar-refractivity contribution < 1.29 is 13.2 Å². The molecule has 0 saturated carbocycles. The second-order valence-corrected chi connectivity index (χ2v) is 4.45. The van der Waals surface area contributed by atoms with Crippen LogP contribution in [-0.2, 0) is 6.18 Å². The number of alkyl halides is 3. The Morgan fingerprint density at radius 1 is 1.38 bits per heavy atom. The maximum absolute atomic E-state index is 12.4. The molecule has 0 N–H and O–H groups in total. The molecule has 0 aromatic carbocycles. The fourth-order valence-corrected chi connectivity index (χ4v) is 2.15. The van der Waals surface area contributed by atoms with E-state index in [9.17, 15) is 13.2 Å². The standard InChI is InChI=1S/C10H15F3N2S/c1-3-5-6-15(4-2)9-14-7-8(16-9)10(11,12)13/h7H,3-6H2,1-2H3. The van der Waals surface area contributed by atoms with Gasteiger partial charge in [-0.2, -0.15) is 13.2 Å². The molecule has 0 bridgehead atoms. The molecule has 0 amide bonds. The summed E-state index contributed by atoms with van der Waals surface area (Å²) < 4.78 is 37.1. The summed E-state index contributed by atoms with van der Waals surface area (Å²) in [5.74, 6) is 0. The molecule has 92 valence electrons. The van der Waals surface area contributed by atoms with Gasteiger partial charge in [-0.05, 0) is 13.3 Å². The van der Waals surface area contributed by atoms with Crippen LogP contribution >= 0.6 is 11.3 Å². The Bertz CT molecular complexity index is 322. The van der Waals surface area contributed by atoms with E-state index >= 15 is 0 Å². The summed E-state index contributed by atoms with van der Waals surface area (Å²) in [6, 6.07) is 0. The zero-order chi connectivity index (χ0) is 12.2. The Morgan fingerprint density at radius 2 is 2.06 bits per heavy atom. The predicted octanol–water partition coefficient (Wildman–Crippen LogP) is 3.79. The summed E-state index contributed by atoms with van der Waals surface area (Å²) in [4.78, 5) is 5.08. The first kappa shape index (κ1) is 13.3. The van der Waals surface area contributed by atoms with Gasteiger partial charge in [-0.1, -0.05) is 24.7 Å². The molecule has 1 rings (SSSR count). The first-order valence-corrected chi connectivity index (χ1v) is 6.08. The summed E-state index contributed by atoms with van der Waals surface area (Å²) in [7, 11) is 0. The molecule has 0 aliphatic carbocycles. The third-order valence-electron chi connectivity index (χ3n) is 2.21. The minimum Gasteiger partial charge on any atom is -0.348 e. The highest BCUT2D eigenvalue weighted by molar-refractivity contribution is 7.15. The van der Waals surface area contributed by atoms with Crippen molar-refractivity contribution in [1.29, 1.82) is 0 Å². The van der Waals surface area contributed by atoms with E-state index in [2.05, 4.69) is 11.9 Å². The van der Waals surface area contributed by atoms with Crippen LogP contribution in [0.25, 0.3) is 0 Å². The third-order valence-corrected chi connectivity index (χ3v) is 3.31. The molecule has 0 aliphatic heterocycles. The molecule has 1 aromatic rings. The highest BCUT2D eigenvalue weighted by atomic mass is 32.1. The van der Waals surface area contributed by atoms with E-state index in [0.29, 0.717) is 23.0 Å². The van der Waals surface area contributed by atoms with Crippen LogP contribution in [-0.4, -0.2) is 18.1 Å². The van der Waals surface area contributed by atoms with Crippen molar-refractivity contribution in [2.45, 2.75) is 32.9 Å². The minimum absolute atomic E-state index is 0.461. The summed E-state index contributed by atoms with van der Waals surface area (Å²) in [6.45, 7) is 5.42. The summed E-state index contributed by atoms with van der Waals surface area (Å²) >= 11 is 0.713. The van der Waals surface area contributed by atoms with Gasteiger partial charge in [-0.15, -0.1) is 0 Å². The number of hydrogen-bond acceptors (Lipinski definition) is 3. The molecule has 1 heterocycles. The van der Waals surface area contributed by atoms with Crippen molar-refractivity contribution in [2.24, 2.45) is 0 Å². The first-order valence-electron chi connectivity index (χ1n) is 5.27. The highest BCUT2D eigenvalue weighted by Gasteiger charge is 2.33. The van der Waals surface area contributed by atoms with E-state index in [1.807, 2.05) is 11.8 Å². The number of rotatable bonds is 5. The maximum Gasteiger partial charge on any atom is 0.427 e. The number of nitrogens with zero attached hydrogens (tertiary/aromatic N) is 2. The normalized spacial score (nSPS) is 11.8. The van der Waals surface area contributed by atoms with Crippen LogP contribution in [0.2, 0.25) is 0 Å². The summed E-state index contributed by atoms with van der Waals surface area (Å²) in [6.07, 6.45) is -1.38. The summed E-state index contributed by atoms with van der Waals surface area (Å²) in [5, 5.41) is 0.461. The van der Waals surface area contributed by atoms with Gasteiger partial charge in [0, 0.05) is 13.1 Å². The molecule has 0 saturated heterocycles. The number of halogens is 3. The van der Waals surface area contributed by atoms with Crippen molar-refractivity contribution in [1.82, 2.24) is 4.98 Å². The number of thiazole rings is 1. The Labute approximate surface area is 97.1 Å². The van der Waals surface area contributed by atoms with Gasteiger partial charge in [0.15, 0.2) is 5.13 Å². The lowest BCUT2D eigenvalue weighted by Crippen LogP contribution is -2.23. The molecule has 0 unspecified atom stereocenters. The average Bonchev–Trinajstić information content (AvgIpc) is 2.68. The van der Waals surface area contributed by atoms with Gasteiger partial charge < -0.3 is 4.90 Å². The van der Waals surface area contributed by atoms with Crippen molar-refractivity contribution in [2.75, 3.05) is 18.0 Å². The van der Waals surface area contributed by atoms with Gasteiger partial charge in [0.25, 0.3) is 0 Å². The van der Waals surface area contributed by atoms with E-state index in [0.717, 1.165) is 25.6 Å². The molecule has 6 heteroatoms. The quantitative estimate of drug-likeness (QED) is 0.792. The molecular weight excluding hydrogens is 237 g/mol. The van der Waals surface area contributed by atoms with Crippen molar-refractivity contribution in [3.05, 3.63) is 11.1 Å². The van der Waals surface area contributed by atoms with Crippen LogP contribution in [0.15, 0.2) is 6.20 Å². The van der Waals surface area contributed by atoms with Crippen LogP contribution in [0, 0.1) is 0 Å². The molecule has 0 aliphatic rings. The summed E-state index contributed by atoms with van der Waals surface area (Å²) in [5.41, 5.74) is 0. The highest BCUT2D eigenvalue weighted by Crippen LogP contribution is 2.36. The van der Waals surface area contributed by atoms with E-state index < -0.39 is 11.1 Å². The Balaban J connectivity index is 2.75. The van der Waals surface area contributed by atoms with Gasteiger partial charge in [0.05, 0.1) is 6.20 Å². The zero-order valence-electron chi connectivity index (χ0n) is 9.34. The average molecular weight is 252 g/mol. The topological polar surface area (TPSA) is 16.1 Å². The van der Waals surface area contributed by atoms with E-state index in [-0.39, 0.29) is 0 Å². The Morgan fingerprint density at radius 3 is 2.50 bits per heavy atom. The molecule has 2 nitrogen and oxygen atoms in total. The second kappa shape index (κ2) is 5.52. The largest absolute Gasteiger partial charge is 0.427 e. The molecule has 0 spiro atoms. The van der Waals surface area contributed by atoms with Crippen LogP contribution in [0.5, 0.6) is 0 Å². The molecule has 16 heavy (non-hydrogen) atoms. The van der Waals surface area contributed by atoms with Gasteiger partial charge >= 0.3 is 6.18 Å². The number of aromatic nitrogens is 1. The van der Waals surface area contributed by atoms with E-state index in [4.69, 9.17) is 0 Å². The van der Waals surface area contributed by atoms with Gasteiger partial charge in [-0.25, -0.2) is 4.98 Å². The van der Waals surface area contributed by atoms with Crippen molar-refractivity contribution in [3.63, 3.8) is 0 Å². The first-order chi connectivity index (χ1) is 7.49. The van der Waals surface area contributed by atoms with Crippen LogP contribution in [0.4, 0.5) is 18.3 Å². The third kappa shape index (κ3) is 3.37. The smallest absolute Gasteiger partial charge is 0.348 e. The lowest BCUT2D eigenvalue weighted by Gasteiger charge is -2.18. The number of anilines is 1. The van der Waals surface area contributed by atoms with Gasteiger partial charge in [0.2, 0.25) is 0 Å². The van der Waals surface area contributed by atoms with Crippen molar-refractivity contribution >= 4 is 16.5 Å². The molecule has 1 aromatic heterocycles. The van der Waals surface area contributed by atoms with Crippen LogP contribution < -0.4 is 4.90 Å². The fourth-order valence-electron chi connectivity index (χ4n) is 1.28. The fraction of sp³-hybridized carbons (Fsp3) is 0.700. The van der Waals surface area contributed by atoms with Crippen molar-refractivity contribution in [3.8, 4) is 0 Å². The molecule has 0 radical (unpaired) electrons.